The van der Waals surface area contributed by atoms with Gasteiger partial charge in [0.2, 0.25) is 0 Å². The molecular weight excluding hydrogens is 993 g/mol. The second-order valence-electron chi connectivity index (χ2n) is 18.5. The number of hydrogen-bond donors (Lipinski definition) is 0. The molecule has 0 aliphatic carbocycles. The number of benzene rings is 13. The summed E-state index contributed by atoms with van der Waals surface area (Å²) in [5, 5.41) is 0. The fraction of sp³-hybridized carbons (Fsp3) is 0. The van der Waals surface area contributed by atoms with Crippen LogP contribution in [0.1, 0.15) is 30.2 Å². The SMILES string of the molecule is [2H]c1c([2H])c([2H])c(N(c2ccc(-c3ccc(N(c4ccccc4)c4ccccc4)cc3)cc2)c2c([2H])c([2H])c(-c3c([2H])c([2H])c(-c4c([2H])c([2H])c(N(c5ccc(-c6ccc(N(c7ccccc7)c7ccccc7)cc6)cc5)c5c([2H])c([2H])c([2H])c([2H])c5[2H])c([2H])c4[2H])c([2H])c3[2H])c([2H])c2[2H])c([2H])c1[2H]. The summed E-state index contributed by atoms with van der Waals surface area (Å²) in [4.78, 5) is 6.18. The molecule has 0 unspecified atom stereocenters. The van der Waals surface area contributed by atoms with Crippen molar-refractivity contribution >= 4 is 68.2 Å². The van der Waals surface area contributed by atoms with Crippen LogP contribution in [0.3, 0.4) is 0 Å². The van der Waals surface area contributed by atoms with Gasteiger partial charge in [-0.1, -0.05) is 206 Å². The van der Waals surface area contributed by atoms with Crippen molar-refractivity contribution < 1.29 is 30.2 Å². The summed E-state index contributed by atoms with van der Waals surface area (Å²) in [6, 6.07) is 48.3. The molecule has 0 saturated heterocycles. The van der Waals surface area contributed by atoms with Crippen molar-refractivity contribution in [3.05, 3.63) is 351 Å². The molecule has 4 heteroatoms. The molecular formula is C78H58N4. The van der Waals surface area contributed by atoms with E-state index >= 15 is 0 Å². The average Bonchev–Trinajstić information content (AvgIpc) is 0.724. The molecule has 0 aliphatic heterocycles. The molecule has 0 saturated carbocycles. The van der Waals surface area contributed by atoms with Crippen molar-refractivity contribution in [2.45, 2.75) is 0 Å². The summed E-state index contributed by atoms with van der Waals surface area (Å²) in [5.41, 5.74) is 2.85. The van der Waals surface area contributed by atoms with E-state index in [1.165, 1.54) is 24.3 Å². The Hall–Kier alpha value is -10.9. The Kier molecular flexibility index (Phi) is 9.08. The van der Waals surface area contributed by atoms with Gasteiger partial charge in [0, 0.05) is 68.2 Å². The third kappa shape index (κ3) is 10.9. The highest BCUT2D eigenvalue weighted by molar-refractivity contribution is 5.85. The van der Waals surface area contributed by atoms with Gasteiger partial charge in [-0.3, -0.25) is 0 Å². The molecule has 0 aromatic heterocycles. The smallest absolute Gasteiger partial charge is 0.0645 e. The van der Waals surface area contributed by atoms with Crippen LogP contribution in [0.5, 0.6) is 0 Å². The molecule has 13 rings (SSSR count). The summed E-state index contributed by atoms with van der Waals surface area (Å²) >= 11 is 0. The van der Waals surface area contributed by atoms with E-state index in [4.69, 9.17) is 13.7 Å². The maximum Gasteiger partial charge on any atom is 0.0645 e. The van der Waals surface area contributed by atoms with E-state index in [2.05, 4.69) is 9.80 Å². The second kappa shape index (κ2) is 23.6. The van der Waals surface area contributed by atoms with Crippen LogP contribution in [0, 0.1) is 0 Å². The topological polar surface area (TPSA) is 13.0 Å². The lowest BCUT2D eigenvalue weighted by Crippen LogP contribution is -2.10. The first-order valence-electron chi connectivity index (χ1n) is 37.1. The van der Waals surface area contributed by atoms with Crippen molar-refractivity contribution in [3.8, 4) is 44.5 Å². The van der Waals surface area contributed by atoms with E-state index in [-0.39, 0.29) is 11.4 Å². The first kappa shape index (κ1) is 31.6. The largest absolute Gasteiger partial charge is 0.311 e. The lowest BCUT2D eigenvalue weighted by atomic mass is 9.99. The minimum atomic E-state index is -0.991. The van der Waals surface area contributed by atoms with Crippen molar-refractivity contribution in [2.24, 2.45) is 0 Å². The number of rotatable bonds is 16. The Morgan fingerprint density at radius 3 is 0.561 bits per heavy atom. The molecule has 0 heterocycles. The number of anilines is 12. The molecule has 13 aromatic carbocycles. The highest BCUT2D eigenvalue weighted by Gasteiger charge is 2.18. The van der Waals surface area contributed by atoms with Crippen molar-refractivity contribution in [3.63, 3.8) is 0 Å². The molecule has 82 heavy (non-hydrogen) atoms. The van der Waals surface area contributed by atoms with Gasteiger partial charge in [-0.2, -0.15) is 0 Å². The van der Waals surface area contributed by atoms with E-state index in [0.717, 1.165) is 55.1 Å². The van der Waals surface area contributed by atoms with E-state index in [0.29, 0.717) is 11.1 Å². The van der Waals surface area contributed by atoms with Crippen LogP contribution in [0.2, 0.25) is 0 Å². The highest BCUT2D eigenvalue weighted by Crippen LogP contribution is 2.42. The maximum absolute atomic E-state index is 9.63. The molecule has 0 amide bonds. The van der Waals surface area contributed by atoms with E-state index in [1.807, 2.05) is 170 Å². The zero-order valence-corrected chi connectivity index (χ0v) is 43.6. The lowest BCUT2D eigenvalue weighted by Gasteiger charge is -2.26. The molecule has 0 bridgehead atoms. The molecule has 0 N–H and O–H groups in total. The maximum atomic E-state index is 9.63. The lowest BCUT2D eigenvalue weighted by molar-refractivity contribution is 1.28. The zero-order chi connectivity index (χ0) is 74.0. The predicted molar refractivity (Wildman–Crippen MR) is 347 cm³/mol. The fourth-order valence-electron chi connectivity index (χ4n) is 9.51. The second-order valence-corrected chi connectivity index (χ2v) is 18.5. The predicted octanol–water partition coefficient (Wildman–Crippen LogP) is 22.2. The third-order valence-corrected chi connectivity index (χ3v) is 13.4. The Balaban J connectivity index is 0.887. The minimum absolute atomic E-state index is 0.0266. The van der Waals surface area contributed by atoms with Crippen molar-refractivity contribution in [2.75, 3.05) is 19.6 Å². The first-order valence-corrected chi connectivity index (χ1v) is 26.1. The van der Waals surface area contributed by atoms with Crippen LogP contribution in [0.25, 0.3) is 44.5 Å². The van der Waals surface area contributed by atoms with E-state index in [1.54, 1.807) is 24.3 Å². The summed E-state index contributed by atoms with van der Waals surface area (Å²) < 4.78 is 203. The Morgan fingerprint density at radius 2 is 0.329 bits per heavy atom. The summed E-state index contributed by atoms with van der Waals surface area (Å²) in [6.45, 7) is 0. The van der Waals surface area contributed by atoms with Gasteiger partial charge in [0.05, 0.1) is 30.2 Å². The molecule has 0 spiro atoms. The van der Waals surface area contributed by atoms with Crippen LogP contribution in [0.4, 0.5) is 68.2 Å². The van der Waals surface area contributed by atoms with Gasteiger partial charge in [0.15, 0.2) is 0 Å². The van der Waals surface area contributed by atoms with Crippen molar-refractivity contribution in [1.29, 1.82) is 0 Å². The molecule has 0 radical (unpaired) electrons. The van der Waals surface area contributed by atoms with Gasteiger partial charge >= 0.3 is 0 Å². The van der Waals surface area contributed by atoms with Crippen LogP contribution < -0.4 is 19.6 Å². The van der Waals surface area contributed by atoms with E-state index < -0.39 is 178 Å². The Bertz CT molecular complexity index is 4940. The van der Waals surface area contributed by atoms with Crippen LogP contribution in [-0.4, -0.2) is 0 Å². The van der Waals surface area contributed by atoms with Gasteiger partial charge in [-0.15, -0.1) is 0 Å². The third-order valence-electron chi connectivity index (χ3n) is 13.4. The molecule has 390 valence electrons. The van der Waals surface area contributed by atoms with Gasteiger partial charge in [-0.25, -0.2) is 0 Å². The summed E-state index contributed by atoms with van der Waals surface area (Å²) in [6.07, 6.45) is 0. The zero-order valence-electron chi connectivity index (χ0n) is 65.6. The van der Waals surface area contributed by atoms with Gasteiger partial charge in [0.25, 0.3) is 0 Å². The monoisotopic (exact) mass is 1070 g/mol. The van der Waals surface area contributed by atoms with E-state index in [9.17, 15) is 16.4 Å². The first-order chi connectivity index (χ1) is 49.8. The Labute approximate surface area is 512 Å². The highest BCUT2D eigenvalue weighted by atomic mass is 15.2. The molecule has 4 nitrogen and oxygen atoms in total. The number of para-hydroxylation sites is 6. The summed E-state index contributed by atoms with van der Waals surface area (Å²) in [5.74, 6) is 0. The van der Waals surface area contributed by atoms with Crippen LogP contribution >= 0.6 is 0 Å². The quantitative estimate of drug-likeness (QED) is 0.0956. The minimum Gasteiger partial charge on any atom is -0.311 e. The molecule has 0 fully saturated rings. The molecule has 0 atom stereocenters. The van der Waals surface area contributed by atoms with Crippen LogP contribution in [-0.2, 0) is 0 Å². The normalized spacial score (nSPS) is 14.7. The summed E-state index contributed by atoms with van der Waals surface area (Å²) in [7, 11) is 0. The van der Waals surface area contributed by atoms with Gasteiger partial charge in [0.1, 0.15) is 0 Å². The average molecular weight is 1070 g/mol. The van der Waals surface area contributed by atoms with Gasteiger partial charge < -0.3 is 19.6 Å². The molecule has 0 aliphatic rings. The van der Waals surface area contributed by atoms with Gasteiger partial charge in [-0.05, 0) is 190 Å². The fourth-order valence-corrected chi connectivity index (χ4v) is 9.51. The number of nitrogens with zero attached hydrogens (tertiary/aromatic N) is 4. The number of hydrogen-bond acceptors (Lipinski definition) is 4. The van der Waals surface area contributed by atoms with Crippen molar-refractivity contribution in [1.82, 2.24) is 0 Å². The van der Waals surface area contributed by atoms with Crippen LogP contribution in [0.15, 0.2) is 351 Å². The standard InChI is InChI=1S/C78H58N4/c1-7-19-67(20-8-1)79(68-21-9-2-10-22-68)73-47-39-63(40-48-73)65-43-55-77(56-44-65)81(71-27-15-5-16-28-71)75-51-35-61(36-52-75)59-31-33-60(34-32-59)62-37-53-76(54-38-62)82(72-29-17-6-18-30-72)78-57-45-66(46-58-78)64-41-49-74(50-42-64)80(69-23-11-3-12-24-69)70-25-13-4-14-26-70/h1-58H/i5D,6D,15D,16D,17D,18D,27D,28D,29D,30D,31D,32D,33D,34D,35D,36D,37D,38D,51D,52D,53D,54D. The Morgan fingerprint density at radius 1 is 0.146 bits per heavy atom. The molecule has 13 aromatic rings.